The third-order valence-electron chi connectivity index (χ3n) is 4.02. The van der Waals surface area contributed by atoms with E-state index >= 15 is 0 Å². The van der Waals surface area contributed by atoms with Crippen molar-refractivity contribution in [2.24, 2.45) is 0 Å². The van der Waals surface area contributed by atoms with E-state index in [1.54, 1.807) is 61.5 Å². The molecule has 28 heavy (non-hydrogen) atoms. The van der Waals surface area contributed by atoms with Gasteiger partial charge in [0, 0.05) is 21.8 Å². The summed E-state index contributed by atoms with van der Waals surface area (Å²) in [7, 11) is 0. The number of halogens is 2. The van der Waals surface area contributed by atoms with E-state index in [1.807, 2.05) is 18.2 Å². The van der Waals surface area contributed by atoms with Gasteiger partial charge in [0.15, 0.2) is 11.9 Å². The number of carbonyl (C=O) groups excluding carboxylic acids is 2. The molecule has 0 bridgehead atoms. The standard InChI is InChI=1S/C22H17Cl2NO3/c1-14(28-20-12-9-17(23)13-19(20)24)22(27)25-18-10-7-16(8-11-18)21(26)15-5-3-2-4-6-15/h2-14H,1H3,(H,25,27)/t14-/m1/s1. The van der Waals surface area contributed by atoms with E-state index in [0.717, 1.165) is 0 Å². The van der Waals surface area contributed by atoms with Crippen LogP contribution in [0.3, 0.4) is 0 Å². The van der Waals surface area contributed by atoms with Gasteiger partial charge in [-0.1, -0.05) is 53.5 Å². The van der Waals surface area contributed by atoms with Crippen molar-refractivity contribution in [1.82, 2.24) is 0 Å². The molecular weight excluding hydrogens is 397 g/mol. The molecule has 0 saturated carbocycles. The zero-order valence-electron chi connectivity index (χ0n) is 15.0. The number of hydrogen-bond acceptors (Lipinski definition) is 3. The molecule has 6 heteroatoms. The molecule has 0 fully saturated rings. The molecule has 1 amide bonds. The van der Waals surface area contributed by atoms with E-state index in [9.17, 15) is 9.59 Å². The van der Waals surface area contributed by atoms with Gasteiger partial charge in [0.05, 0.1) is 5.02 Å². The van der Waals surface area contributed by atoms with E-state index < -0.39 is 6.10 Å². The monoisotopic (exact) mass is 413 g/mol. The van der Waals surface area contributed by atoms with Crippen molar-refractivity contribution in [3.8, 4) is 5.75 Å². The lowest BCUT2D eigenvalue weighted by molar-refractivity contribution is -0.122. The number of anilines is 1. The molecule has 0 radical (unpaired) electrons. The van der Waals surface area contributed by atoms with Crippen molar-refractivity contribution in [2.45, 2.75) is 13.0 Å². The second kappa shape index (κ2) is 8.91. The summed E-state index contributed by atoms with van der Waals surface area (Å²) in [5.41, 5.74) is 1.72. The zero-order chi connectivity index (χ0) is 20.1. The van der Waals surface area contributed by atoms with Crippen LogP contribution in [0.4, 0.5) is 5.69 Å². The molecule has 3 aromatic carbocycles. The molecule has 4 nitrogen and oxygen atoms in total. The maximum Gasteiger partial charge on any atom is 0.265 e. The van der Waals surface area contributed by atoms with E-state index in [4.69, 9.17) is 27.9 Å². The first-order valence-electron chi connectivity index (χ1n) is 8.56. The number of rotatable bonds is 6. The lowest BCUT2D eigenvalue weighted by Gasteiger charge is -2.16. The third kappa shape index (κ3) is 4.91. The first kappa shape index (κ1) is 19.9. The summed E-state index contributed by atoms with van der Waals surface area (Å²) in [6.45, 7) is 1.62. The highest BCUT2D eigenvalue weighted by atomic mass is 35.5. The lowest BCUT2D eigenvalue weighted by atomic mass is 10.0. The van der Waals surface area contributed by atoms with Crippen molar-refractivity contribution in [1.29, 1.82) is 0 Å². The molecule has 0 aliphatic rings. The van der Waals surface area contributed by atoms with Crippen LogP contribution in [0.25, 0.3) is 0 Å². The fraction of sp³-hybridized carbons (Fsp3) is 0.0909. The van der Waals surface area contributed by atoms with Crippen LogP contribution in [0.1, 0.15) is 22.8 Å². The normalized spacial score (nSPS) is 11.5. The van der Waals surface area contributed by atoms with Gasteiger partial charge in [0.2, 0.25) is 0 Å². The fourth-order valence-electron chi connectivity index (χ4n) is 2.52. The van der Waals surface area contributed by atoms with Crippen LogP contribution in [-0.4, -0.2) is 17.8 Å². The minimum atomic E-state index is -0.774. The molecule has 0 spiro atoms. The Morgan fingerprint density at radius 2 is 1.54 bits per heavy atom. The van der Waals surface area contributed by atoms with E-state index in [-0.39, 0.29) is 11.7 Å². The molecule has 0 heterocycles. The minimum absolute atomic E-state index is 0.0763. The fourth-order valence-corrected chi connectivity index (χ4v) is 2.97. The third-order valence-corrected chi connectivity index (χ3v) is 4.55. The van der Waals surface area contributed by atoms with Crippen LogP contribution in [0.2, 0.25) is 10.0 Å². The molecule has 0 aliphatic heterocycles. The van der Waals surface area contributed by atoms with Crippen LogP contribution in [-0.2, 0) is 4.79 Å². The Balaban J connectivity index is 1.63. The summed E-state index contributed by atoms with van der Waals surface area (Å²) in [5, 5.41) is 3.57. The highest BCUT2D eigenvalue weighted by molar-refractivity contribution is 6.35. The average molecular weight is 414 g/mol. The van der Waals surface area contributed by atoms with Gasteiger partial charge in [-0.05, 0) is 49.4 Å². The lowest BCUT2D eigenvalue weighted by Crippen LogP contribution is -2.30. The summed E-state index contributed by atoms with van der Waals surface area (Å²) in [5.74, 6) is -0.0433. The summed E-state index contributed by atoms with van der Waals surface area (Å²) in [6.07, 6.45) is -0.774. The Bertz CT molecular complexity index is 988. The van der Waals surface area contributed by atoms with Crippen molar-refractivity contribution in [3.63, 3.8) is 0 Å². The Hall–Kier alpha value is -2.82. The van der Waals surface area contributed by atoms with Gasteiger partial charge in [-0.25, -0.2) is 0 Å². The predicted octanol–water partition coefficient (Wildman–Crippen LogP) is 5.63. The van der Waals surface area contributed by atoms with Gasteiger partial charge in [-0.3, -0.25) is 9.59 Å². The van der Waals surface area contributed by atoms with Crippen LogP contribution in [0, 0.1) is 0 Å². The molecule has 3 rings (SSSR count). The largest absolute Gasteiger partial charge is 0.479 e. The number of ketones is 1. The zero-order valence-corrected chi connectivity index (χ0v) is 16.5. The number of ether oxygens (including phenoxy) is 1. The molecule has 0 aliphatic carbocycles. The Morgan fingerprint density at radius 3 is 2.18 bits per heavy atom. The van der Waals surface area contributed by atoms with Gasteiger partial charge < -0.3 is 10.1 Å². The van der Waals surface area contributed by atoms with Crippen molar-refractivity contribution >= 4 is 40.6 Å². The Labute approximate surface area is 173 Å². The van der Waals surface area contributed by atoms with Crippen molar-refractivity contribution in [3.05, 3.63) is 94.0 Å². The molecule has 1 N–H and O–H groups in total. The second-order valence-electron chi connectivity index (χ2n) is 6.10. The van der Waals surface area contributed by atoms with Crippen LogP contribution in [0.5, 0.6) is 5.75 Å². The number of nitrogens with one attached hydrogen (secondary N) is 1. The van der Waals surface area contributed by atoms with Crippen molar-refractivity contribution < 1.29 is 14.3 Å². The first-order chi connectivity index (χ1) is 13.4. The maximum absolute atomic E-state index is 12.4. The smallest absolute Gasteiger partial charge is 0.265 e. The van der Waals surface area contributed by atoms with Crippen LogP contribution >= 0.6 is 23.2 Å². The number of carbonyl (C=O) groups is 2. The summed E-state index contributed by atoms with van der Waals surface area (Å²) < 4.78 is 5.60. The SMILES string of the molecule is C[C@@H](Oc1ccc(Cl)cc1Cl)C(=O)Nc1ccc(C(=O)c2ccccc2)cc1. The topological polar surface area (TPSA) is 55.4 Å². The van der Waals surface area contributed by atoms with Crippen LogP contribution in [0.15, 0.2) is 72.8 Å². The summed E-state index contributed by atoms with van der Waals surface area (Å²) in [6, 6.07) is 20.5. The van der Waals surface area contributed by atoms with Gasteiger partial charge in [-0.15, -0.1) is 0 Å². The van der Waals surface area contributed by atoms with Gasteiger partial charge in [0.25, 0.3) is 5.91 Å². The highest BCUT2D eigenvalue weighted by Crippen LogP contribution is 2.28. The summed E-state index contributed by atoms with van der Waals surface area (Å²) >= 11 is 11.9. The Kier molecular flexibility index (Phi) is 6.34. The van der Waals surface area contributed by atoms with E-state index in [2.05, 4.69) is 5.32 Å². The molecular formula is C22H17Cl2NO3. The maximum atomic E-state index is 12.4. The van der Waals surface area contributed by atoms with E-state index in [0.29, 0.717) is 32.6 Å². The highest BCUT2D eigenvalue weighted by Gasteiger charge is 2.17. The number of amides is 1. The predicted molar refractivity (Wildman–Crippen MR) is 111 cm³/mol. The molecule has 0 saturated heterocycles. The summed E-state index contributed by atoms with van der Waals surface area (Å²) in [4.78, 5) is 24.8. The Morgan fingerprint density at radius 1 is 0.893 bits per heavy atom. The average Bonchev–Trinajstić information content (AvgIpc) is 2.70. The van der Waals surface area contributed by atoms with Gasteiger partial charge >= 0.3 is 0 Å². The quantitative estimate of drug-likeness (QED) is 0.532. The molecule has 1 atom stereocenters. The minimum Gasteiger partial charge on any atom is -0.479 e. The van der Waals surface area contributed by atoms with Gasteiger partial charge in [0.1, 0.15) is 5.75 Å². The molecule has 0 aromatic heterocycles. The van der Waals surface area contributed by atoms with E-state index in [1.165, 1.54) is 0 Å². The van der Waals surface area contributed by atoms with Gasteiger partial charge in [-0.2, -0.15) is 0 Å². The second-order valence-corrected chi connectivity index (χ2v) is 6.94. The number of benzene rings is 3. The molecule has 0 unspecified atom stereocenters. The number of hydrogen-bond donors (Lipinski definition) is 1. The van der Waals surface area contributed by atoms with Crippen molar-refractivity contribution in [2.75, 3.05) is 5.32 Å². The first-order valence-corrected chi connectivity index (χ1v) is 9.32. The van der Waals surface area contributed by atoms with Crippen LogP contribution < -0.4 is 10.1 Å². The molecule has 3 aromatic rings. The molecule has 142 valence electrons.